The fraction of sp³-hybridized carbons (Fsp3) is 0.259. The number of hydrogen-bond acceptors (Lipinski definition) is 8. The minimum Gasteiger partial charge on any atom is -0.481 e. The van der Waals surface area contributed by atoms with Crippen molar-refractivity contribution in [2.24, 2.45) is 0 Å². The van der Waals surface area contributed by atoms with Crippen molar-refractivity contribution in [2.45, 2.75) is 38.6 Å². The van der Waals surface area contributed by atoms with Gasteiger partial charge in [-0.05, 0) is 56.2 Å². The van der Waals surface area contributed by atoms with Crippen molar-refractivity contribution in [3.63, 3.8) is 0 Å². The first kappa shape index (κ1) is 28.9. The number of halogens is 2. The maximum absolute atomic E-state index is 12.9. The number of hydrogen-bond donors (Lipinski definition) is 1. The summed E-state index contributed by atoms with van der Waals surface area (Å²) in [4.78, 5) is 25.5. The molecule has 0 aliphatic carbocycles. The number of carbonyl (C=O) groups is 2. The Morgan fingerprint density at radius 3 is 2.59 bits per heavy atom. The van der Waals surface area contributed by atoms with Gasteiger partial charge in [-0.25, -0.2) is 4.79 Å². The molecule has 1 atom stereocenters. The lowest BCUT2D eigenvalue weighted by Gasteiger charge is -2.16. The molecule has 0 spiro atoms. The first-order valence-corrected chi connectivity index (χ1v) is 14.6. The van der Waals surface area contributed by atoms with Gasteiger partial charge in [0.25, 0.3) is 0 Å². The third-order valence-corrected chi connectivity index (χ3v) is 8.16. The van der Waals surface area contributed by atoms with Crippen LogP contribution in [0.3, 0.4) is 0 Å². The number of thioether (sulfide) groups is 1. The molecule has 2 heterocycles. The van der Waals surface area contributed by atoms with Gasteiger partial charge in [0.2, 0.25) is 5.91 Å². The van der Waals surface area contributed by atoms with E-state index in [1.54, 1.807) is 23.6 Å². The minimum atomic E-state index is -0.540. The maximum atomic E-state index is 12.9. The molecule has 39 heavy (non-hydrogen) atoms. The summed E-state index contributed by atoms with van der Waals surface area (Å²) in [6, 6.07) is 12.7. The molecule has 4 aromatic rings. The molecule has 0 saturated carbocycles. The topological polar surface area (TPSA) is 95.3 Å². The number of thiophene rings is 1. The van der Waals surface area contributed by atoms with Crippen molar-refractivity contribution in [1.29, 1.82) is 0 Å². The molecule has 0 radical (unpaired) electrons. The van der Waals surface area contributed by atoms with Gasteiger partial charge in [-0.2, -0.15) is 0 Å². The Bertz CT molecular complexity index is 1490. The van der Waals surface area contributed by atoms with Crippen molar-refractivity contribution < 1.29 is 19.1 Å². The van der Waals surface area contributed by atoms with E-state index in [9.17, 15) is 9.59 Å². The van der Waals surface area contributed by atoms with Crippen molar-refractivity contribution in [1.82, 2.24) is 14.8 Å². The highest BCUT2D eigenvalue weighted by atomic mass is 35.5. The second-order valence-corrected chi connectivity index (χ2v) is 11.1. The Kier molecular flexibility index (Phi) is 9.55. The van der Waals surface area contributed by atoms with E-state index in [4.69, 9.17) is 32.7 Å². The van der Waals surface area contributed by atoms with Crippen LogP contribution in [0.15, 0.2) is 53.0 Å². The van der Waals surface area contributed by atoms with Crippen molar-refractivity contribution in [3.05, 3.63) is 74.8 Å². The Hall–Kier alpha value is -3.05. The maximum Gasteiger partial charge on any atom is 0.341 e. The smallest absolute Gasteiger partial charge is 0.341 e. The lowest BCUT2D eigenvalue weighted by Crippen LogP contribution is -2.17. The first-order chi connectivity index (χ1) is 18.7. The number of nitrogens with one attached hydrogen (secondary N) is 1. The predicted octanol–water partition coefficient (Wildman–Crippen LogP) is 7.30. The van der Waals surface area contributed by atoms with E-state index < -0.39 is 12.1 Å². The molecule has 12 heteroatoms. The van der Waals surface area contributed by atoms with Gasteiger partial charge < -0.3 is 19.4 Å². The van der Waals surface area contributed by atoms with E-state index in [2.05, 4.69) is 15.5 Å². The zero-order valence-electron chi connectivity index (χ0n) is 21.7. The lowest BCUT2D eigenvalue weighted by molar-refractivity contribution is -0.113. The fourth-order valence-corrected chi connectivity index (χ4v) is 5.91. The number of esters is 1. The summed E-state index contributed by atoms with van der Waals surface area (Å²) in [5.74, 6) is 0.418. The van der Waals surface area contributed by atoms with Crippen LogP contribution < -0.4 is 10.1 Å². The Labute approximate surface area is 244 Å². The third kappa shape index (κ3) is 6.75. The van der Waals surface area contributed by atoms with Crippen molar-refractivity contribution in [2.75, 3.05) is 18.2 Å². The average molecular weight is 606 g/mol. The normalized spacial score (nSPS) is 11.7. The molecule has 0 fully saturated rings. The molecule has 0 saturated heterocycles. The molecule has 0 aliphatic heterocycles. The van der Waals surface area contributed by atoms with Crippen LogP contribution in [0.2, 0.25) is 10.0 Å². The predicted molar refractivity (Wildman–Crippen MR) is 156 cm³/mol. The lowest BCUT2D eigenvalue weighted by atomic mass is 10.0. The van der Waals surface area contributed by atoms with E-state index in [0.717, 1.165) is 11.1 Å². The number of anilines is 1. The Balaban J connectivity index is 1.46. The zero-order chi connectivity index (χ0) is 28.1. The molecule has 0 bridgehead atoms. The SMILES string of the molecule is CCn1c(SCC(=O)Nc2scc(-c3ccc(Cl)cc3)c2C(=O)OC)nnc1C(C)Oc1cc(C)ccc1Cl. The molecular formula is C27H26Cl2N4O4S2. The Morgan fingerprint density at radius 2 is 1.90 bits per heavy atom. The molecule has 2 aromatic heterocycles. The number of carbonyl (C=O) groups excluding carboxylic acids is 2. The third-order valence-electron chi connectivity index (χ3n) is 5.74. The average Bonchev–Trinajstić information content (AvgIpc) is 3.53. The fourth-order valence-electron chi connectivity index (χ4n) is 3.84. The van der Waals surface area contributed by atoms with E-state index >= 15 is 0 Å². The quantitative estimate of drug-likeness (QED) is 0.150. The number of amides is 1. The van der Waals surface area contributed by atoms with Crippen LogP contribution in [-0.2, 0) is 16.1 Å². The molecule has 1 N–H and O–H groups in total. The summed E-state index contributed by atoms with van der Waals surface area (Å²) in [6.45, 7) is 6.39. The van der Waals surface area contributed by atoms with E-state index in [-0.39, 0.29) is 11.7 Å². The molecular weight excluding hydrogens is 579 g/mol. The van der Waals surface area contributed by atoms with Crippen LogP contribution in [0.1, 0.15) is 41.7 Å². The summed E-state index contributed by atoms with van der Waals surface area (Å²) in [5.41, 5.74) is 2.77. The van der Waals surface area contributed by atoms with Crippen LogP contribution in [0, 0.1) is 6.92 Å². The van der Waals surface area contributed by atoms with E-state index in [1.807, 2.05) is 49.6 Å². The Morgan fingerprint density at radius 1 is 1.15 bits per heavy atom. The molecule has 8 nitrogen and oxygen atoms in total. The van der Waals surface area contributed by atoms with Crippen molar-refractivity contribution >= 4 is 63.2 Å². The first-order valence-electron chi connectivity index (χ1n) is 12.0. The van der Waals surface area contributed by atoms with Gasteiger partial charge in [0, 0.05) is 22.5 Å². The van der Waals surface area contributed by atoms with Gasteiger partial charge in [0.15, 0.2) is 17.1 Å². The second-order valence-electron chi connectivity index (χ2n) is 8.47. The molecule has 0 aliphatic rings. The summed E-state index contributed by atoms with van der Waals surface area (Å²) in [5, 5.41) is 15.3. The largest absolute Gasteiger partial charge is 0.481 e. The number of benzene rings is 2. The summed E-state index contributed by atoms with van der Waals surface area (Å²) >= 11 is 14.8. The van der Waals surface area contributed by atoms with Gasteiger partial charge in [-0.15, -0.1) is 21.5 Å². The number of rotatable bonds is 10. The van der Waals surface area contributed by atoms with Crippen LogP contribution in [0.25, 0.3) is 11.1 Å². The van der Waals surface area contributed by atoms with E-state index in [1.165, 1.54) is 30.2 Å². The summed E-state index contributed by atoms with van der Waals surface area (Å²) < 4.78 is 13.0. The zero-order valence-corrected chi connectivity index (χ0v) is 24.8. The number of ether oxygens (including phenoxy) is 2. The van der Waals surface area contributed by atoms with Crippen LogP contribution in [0.5, 0.6) is 5.75 Å². The number of methoxy groups -OCH3 is 1. The van der Waals surface area contributed by atoms with Gasteiger partial charge in [-0.1, -0.05) is 53.2 Å². The van der Waals surface area contributed by atoms with Crippen LogP contribution in [0.4, 0.5) is 5.00 Å². The highest BCUT2D eigenvalue weighted by Crippen LogP contribution is 2.37. The number of aryl methyl sites for hydroxylation is 1. The number of nitrogens with zero attached hydrogens (tertiary/aromatic N) is 3. The minimum absolute atomic E-state index is 0.0614. The van der Waals surface area contributed by atoms with Crippen molar-refractivity contribution in [3.8, 4) is 16.9 Å². The summed E-state index contributed by atoms with van der Waals surface area (Å²) in [7, 11) is 1.31. The van der Waals surface area contributed by atoms with Gasteiger partial charge in [-0.3, -0.25) is 4.79 Å². The van der Waals surface area contributed by atoms with Gasteiger partial charge in [0.05, 0.1) is 17.9 Å². The summed E-state index contributed by atoms with van der Waals surface area (Å²) in [6.07, 6.45) is -0.417. The van der Waals surface area contributed by atoms with E-state index in [0.29, 0.717) is 49.4 Å². The number of aromatic nitrogens is 3. The highest BCUT2D eigenvalue weighted by Gasteiger charge is 2.24. The molecule has 2 aromatic carbocycles. The van der Waals surface area contributed by atoms with Gasteiger partial charge in [0.1, 0.15) is 16.3 Å². The van der Waals surface area contributed by atoms with Crippen LogP contribution >= 0.6 is 46.3 Å². The standard InChI is InChI=1S/C27H26Cl2N4O4S2/c1-5-33-24(16(3)37-21-12-15(2)6-11-20(21)29)31-32-27(33)39-14-22(34)30-25-23(26(35)36-4)19(13-38-25)17-7-9-18(28)10-8-17/h6-13,16H,5,14H2,1-4H3,(H,30,34). The monoisotopic (exact) mass is 604 g/mol. The molecule has 1 unspecified atom stereocenters. The molecule has 204 valence electrons. The van der Waals surface area contributed by atoms with Crippen LogP contribution in [-0.4, -0.2) is 39.5 Å². The second kappa shape index (κ2) is 12.9. The van der Waals surface area contributed by atoms with Gasteiger partial charge >= 0.3 is 5.97 Å². The molecule has 4 rings (SSSR count). The molecule has 1 amide bonds. The highest BCUT2D eigenvalue weighted by molar-refractivity contribution is 7.99.